The maximum Gasteiger partial charge on any atom is 0.227 e. The van der Waals surface area contributed by atoms with Crippen molar-refractivity contribution in [1.82, 2.24) is 0 Å². The molecule has 1 unspecified atom stereocenters. The molecule has 1 aromatic rings. The summed E-state index contributed by atoms with van der Waals surface area (Å²) in [5, 5.41) is 0. The van der Waals surface area contributed by atoms with Gasteiger partial charge in [-0.25, -0.2) is 8.78 Å². The van der Waals surface area contributed by atoms with E-state index in [0.717, 1.165) is 12.1 Å². The molecule has 0 aliphatic carbocycles. The molecule has 1 saturated heterocycles. The predicted octanol–water partition coefficient (Wildman–Crippen LogP) is 2.51. The third-order valence-corrected chi connectivity index (χ3v) is 2.97. The number of ether oxygens (including phenoxy) is 1. The Morgan fingerprint density at radius 1 is 1.50 bits per heavy atom. The summed E-state index contributed by atoms with van der Waals surface area (Å²) in [6, 6.07) is 1.83. The molecular weight excluding hydrogens is 240 g/mol. The van der Waals surface area contributed by atoms with E-state index in [1.54, 1.807) is 6.08 Å². The topological polar surface area (TPSA) is 29.5 Å². The highest BCUT2D eigenvalue weighted by Crippen LogP contribution is 2.35. The number of hydrogen-bond acceptors (Lipinski definition) is 2. The monoisotopic (exact) mass is 253 g/mol. The first kappa shape index (κ1) is 12.5. The van der Waals surface area contributed by atoms with E-state index in [2.05, 4.69) is 6.58 Å². The van der Waals surface area contributed by atoms with Gasteiger partial charge in [-0.1, -0.05) is 6.08 Å². The summed E-state index contributed by atoms with van der Waals surface area (Å²) in [5.74, 6) is -1.87. The lowest BCUT2D eigenvalue weighted by Crippen LogP contribution is -2.25. The molecule has 0 radical (unpaired) electrons. The molecule has 0 spiro atoms. The highest BCUT2D eigenvalue weighted by atomic mass is 19.1. The number of nitrogens with zero attached hydrogens (tertiary/aromatic N) is 1. The van der Waals surface area contributed by atoms with Gasteiger partial charge < -0.3 is 9.64 Å². The number of anilines is 1. The lowest BCUT2D eigenvalue weighted by Gasteiger charge is -2.19. The summed E-state index contributed by atoms with van der Waals surface area (Å²) >= 11 is 0. The first-order chi connectivity index (χ1) is 8.56. The van der Waals surface area contributed by atoms with E-state index in [1.807, 2.05) is 0 Å². The molecule has 0 bridgehead atoms. The van der Waals surface area contributed by atoms with Crippen LogP contribution < -0.4 is 9.64 Å². The molecule has 5 heteroatoms. The van der Waals surface area contributed by atoms with Crippen molar-refractivity contribution >= 4 is 11.6 Å². The largest absolute Gasteiger partial charge is 0.492 e. The van der Waals surface area contributed by atoms with Crippen LogP contribution in [0.25, 0.3) is 0 Å². The molecular formula is C13H13F2NO2. The van der Waals surface area contributed by atoms with Gasteiger partial charge in [-0.05, 0) is 0 Å². The molecule has 1 amide bonds. The number of amides is 1. The number of carbonyl (C=O) groups is 1. The lowest BCUT2D eigenvalue weighted by atomic mass is 10.1. The Bertz CT molecular complexity index is 502. The van der Waals surface area contributed by atoms with Gasteiger partial charge >= 0.3 is 0 Å². The first-order valence-electron chi connectivity index (χ1n) is 5.52. The SMILES string of the molecule is C=CC1CC(=O)N(c2cc(F)cc(F)c2OC)C1. The number of hydrogen-bond donors (Lipinski definition) is 0. The van der Waals surface area contributed by atoms with Crippen molar-refractivity contribution in [3.63, 3.8) is 0 Å². The van der Waals surface area contributed by atoms with Crippen LogP contribution in [0, 0.1) is 17.6 Å². The van der Waals surface area contributed by atoms with E-state index in [4.69, 9.17) is 4.74 Å². The molecule has 0 aromatic heterocycles. The fourth-order valence-electron chi connectivity index (χ4n) is 2.08. The Labute approximate surface area is 104 Å². The number of rotatable bonds is 3. The molecule has 0 saturated carbocycles. The van der Waals surface area contributed by atoms with Crippen molar-refractivity contribution in [2.24, 2.45) is 5.92 Å². The summed E-state index contributed by atoms with van der Waals surface area (Å²) < 4.78 is 31.7. The highest BCUT2D eigenvalue weighted by Gasteiger charge is 2.31. The van der Waals surface area contributed by atoms with Crippen LogP contribution in [0.5, 0.6) is 5.75 Å². The van der Waals surface area contributed by atoms with E-state index in [-0.39, 0.29) is 23.3 Å². The number of halogens is 2. The minimum atomic E-state index is -0.817. The minimum absolute atomic E-state index is 0.00599. The first-order valence-corrected chi connectivity index (χ1v) is 5.52. The smallest absolute Gasteiger partial charge is 0.227 e. The minimum Gasteiger partial charge on any atom is -0.492 e. The van der Waals surface area contributed by atoms with Gasteiger partial charge in [0.05, 0.1) is 12.8 Å². The van der Waals surface area contributed by atoms with Crippen LogP contribution in [-0.2, 0) is 4.79 Å². The second-order valence-electron chi connectivity index (χ2n) is 4.14. The number of benzene rings is 1. The zero-order valence-electron chi connectivity index (χ0n) is 9.95. The second kappa shape index (κ2) is 4.76. The van der Waals surface area contributed by atoms with Crippen molar-refractivity contribution in [2.45, 2.75) is 6.42 Å². The van der Waals surface area contributed by atoms with Crippen LogP contribution in [0.2, 0.25) is 0 Å². The van der Waals surface area contributed by atoms with Gasteiger partial charge in [0.15, 0.2) is 11.6 Å². The Morgan fingerprint density at radius 2 is 2.22 bits per heavy atom. The fourth-order valence-corrected chi connectivity index (χ4v) is 2.08. The molecule has 1 aliphatic rings. The van der Waals surface area contributed by atoms with Crippen molar-refractivity contribution in [3.8, 4) is 5.75 Å². The standard InChI is InChI=1S/C13H13F2NO2/c1-3-8-4-12(17)16(7-8)11-6-9(14)5-10(15)13(11)18-2/h3,5-6,8H,1,4,7H2,2H3. The van der Waals surface area contributed by atoms with Crippen LogP contribution in [-0.4, -0.2) is 19.6 Å². The molecule has 1 atom stereocenters. The second-order valence-corrected chi connectivity index (χ2v) is 4.14. The van der Waals surface area contributed by atoms with Crippen molar-refractivity contribution in [1.29, 1.82) is 0 Å². The molecule has 96 valence electrons. The third kappa shape index (κ3) is 2.08. The van der Waals surface area contributed by atoms with Gasteiger partial charge in [0, 0.05) is 31.0 Å². The summed E-state index contributed by atoms with van der Waals surface area (Å²) in [6.45, 7) is 3.99. The summed E-state index contributed by atoms with van der Waals surface area (Å²) in [6.07, 6.45) is 1.96. The van der Waals surface area contributed by atoms with Gasteiger partial charge in [-0.15, -0.1) is 6.58 Å². The molecule has 1 aliphatic heterocycles. The van der Waals surface area contributed by atoms with E-state index in [0.29, 0.717) is 13.0 Å². The van der Waals surface area contributed by atoms with Crippen molar-refractivity contribution in [2.75, 3.05) is 18.6 Å². The van der Waals surface area contributed by atoms with Crippen LogP contribution in [0.15, 0.2) is 24.8 Å². The molecule has 3 nitrogen and oxygen atoms in total. The lowest BCUT2D eigenvalue weighted by molar-refractivity contribution is -0.117. The van der Waals surface area contributed by atoms with Gasteiger partial charge in [-0.2, -0.15) is 0 Å². The number of carbonyl (C=O) groups excluding carboxylic acids is 1. The highest BCUT2D eigenvalue weighted by molar-refractivity contribution is 5.97. The molecule has 0 N–H and O–H groups in total. The number of methoxy groups -OCH3 is 1. The molecule has 1 fully saturated rings. The normalized spacial score (nSPS) is 19.2. The average Bonchev–Trinajstić information content (AvgIpc) is 2.69. The zero-order valence-corrected chi connectivity index (χ0v) is 9.95. The fraction of sp³-hybridized carbons (Fsp3) is 0.308. The Hall–Kier alpha value is -1.91. The van der Waals surface area contributed by atoms with Gasteiger partial charge in [-0.3, -0.25) is 4.79 Å². The van der Waals surface area contributed by atoms with E-state index in [1.165, 1.54) is 12.0 Å². The van der Waals surface area contributed by atoms with Crippen molar-refractivity contribution < 1.29 is 18.3 Å². The van der Waals surface area contributed by atoms with Gasteiger partial charge in [0.2, 0.25) is 5.91 Å². The molecule has 18 heavy (non-hydrogen) atoms. The summed E-state index contributed by atoms with van der Waals surface area (Å²) in [4.78, 5) is 13.1. The average molecular weight is 253 g/mol. The predicted molar refractivity (Wildman–Crippen MR) is 63.6 cm³/mol. The zero-order chi connectivity index (χ0) is 13.3. The van der Waals surface area contributed by atoms with Crippen LogP contribution >= 0.6 is 0 Å². The van der Waals surface area contributed by atoms with Gasteiger partial charge in [0.25, 0.3) is 0 Å². The Balaban J connectivity index is 2.44. The van der Waals surface area contributed by atoms with E-state index >= 15 is 0 Å². The van der Waals surface area contributed by atoms with E-state index in [9.17, 15) is 13.6 Å². The third-order valence-electron chi connectivity index (χ3n) is 2.97. The molecule has 2 rings (SSSR count). The molecule has 1 heterocycles. The Kier molecular flexibility index (Phi) is 3.32. The maximum absolute atomic E-state index is 13.5. The Morgan fingerprint density at radius 3 is 2.78 bits per heavy atom. The quantitative estimate of drug-likeness (QED) is 0.775. The van der Waals surface area contributed by atoms with Crippen LogP contribution in [0.4, 0.5) is 14.5 Å². The summed E-state index contributed by atoms with van der Waals surface area (Å²) in [5.41, 5.74) is 0.129. The van der Waals surface area contributed by atoms with Crippen LogP contribution in [0.3, 0.4) is 0 Å². The summed E-state index contributed by atoms with van der Waals surface area (Å²) in [7, 11) is 1.28. The van der Waals surface area contributed by atoms with Gasteiger partial charge in [0.1, 0.15) is 5.82 Å². The van der Waals surface area contributed by atoms with Crippen LogP contribution in [0.1, 0.15) is 6.42 Å². The van der Waals surface area contributed by atoms with Crippen molar-refractivity contribution in [3.05, 3.63) is 36.4 Å². The maximum atomic E-state index is 13.5. The van der Waals surface area contributed by atoms with E-state index < -0.39 is 11.6 Å². The molecule has 1 aromatic carbocycles.